The Morgan fingerprint density at radius 1 is 1.31 bits per heavy atom. The van der Waals surface area contributed by atoms with Gasteiger partial charge in [0, 0.05) is 11.8 Å². The maximum absolute atomic E-state index is 11.7. The minimum Gasteiger partial charge on any atom is -0.272 e. The molecule has 0 unspecified atom stereocenters. The van der Waals surface area contributed by atoms with Gasteiger partial charge in [-0.3, -0.25) is 4.79 Å². The van der Waals surface area contributed by atoms with E-state index in [9.17, 15) is 4.79 Å². The first-order valence-electron chi connectivity index (χ1n) is 4.35. The second kappa shape index (κ2) is 2.07. The van der Waals surface area contributed by atoms with E-state index in [0.29, 0.717) is 0 Å². The van der Waals surface area contributed by atoms with Crippen LogP contribution in [0.4, 0.5) is 5.69 Å². The minimum atomic E-state index is -0.238. The van der Waals surface area contributed by atoms with E-state index in [0.717, 1.165) is 24.1 Å². The minimum absolute atomic E-state index is 0.0513. The number of anilines is 1. The molecule has 1 aromatic carbocycles. The summed E-state index contributed by atoms with van der Waals surface area (Å²) in [6, 6.07) is 7.76. The van der Waals surface area contributed by atoms with Gasteiger partial charge in [-0.2, -0.15) is 0 Å². The van der Waals surface area contributed by atoms with Crippen molar-refractivity contribution in [2.24, 2.45) is 0 Å². The van der Waals surface area contributed by atoms with Crippen LogP contribution in [-0.4, -0.2) is 5.91 Å². The van der Waals surface area contributed by atoms with E-state index in [4.69, 9.17) is 11.8 Å². The molecule has 1 spiro atoms. The molecule has 3 heteroatoms. The third kappa shape index (κ3) is 0.724. The second-order valence-corrected chi connectivity index (χ2v) is 4.02. The normalized spacial score (nSPS) is 22.2. The summed E-state index contributed by atoms with van der Waals surface area (Å²) in [5, 5.41) is 0. The number of amides is 1. The van der Waals surface area contributed by atoms with Crippen LogP contribution in [0, 0.1) is 0 Å². The van der Waals surface area contributed by atoms with E-state index in [1.165, 1.54) is 4.42 Å². The molecule has 0 bridgehead atoms. The number of hydrogen-bond donors (Lipinski definition) is 0. The van der Waals surface area contributed by atoms with Gasteiger partial charge in [-0.05, 0) is 24.5 Å². The van der Waals surface area contributed by atoms with Crippen LogP contribution < -0.4 is 4.42 Å². The predicted molar refractivity (Wildman–Crippen MR) is 50.7 cm³/mol. The van der Waals surface area contributed by atoms with Gasteiger partial charge >= 0.3 is 0 Å². The fraction of sp³-hybridized carbons (Fsp3) is 0.300. The monoisotopic (exact) mass is 193 g/mol. The van der Waals surface area contributed by atoms with E-state index in [1.807, 2.05) is 24.3 Å². The average Bonchev–Trinajstić information content (AvgIpc) is 2.93. The van der Waals surface area contributed by atoms with Crippen molar-refractivity contribution in [3.8, 4) is 0 Å². The maximum atomic E-state index is 11.7. The highest BCUT2D eigenvalue weighted by Crippen LogP contribution is 2.57. The Labute approximate surface area is 81.2 Å². The zero-order valence-corrected chi connectivity index (χ0v) is 7.71. The lowest BCUT2D eigenvalue weighted by molar-refractivity contribution is -0.119. The number of fused-ring (bicyclic) bond motifs is 2. The van der Waals surface area contributed by atoms with Gasteiger partial charge in [-0.15, -0.1) is 0 Å². The molecule has 0 N–H and O–H groups in total. The number of benzene rings is 1. The highest BCUT2D eigenvalue weighted by molar-refractivity contribution is 6.40. The molecule has 1 aromatic rings. The molecule has 1 aliphatic heterocycles. The van der Waals surface area contributed by atoms with Gasteiger partial charge in [0.15, 0.2) is 0 Å². The van der Waals surface area contributed by atoms with Crippen molar-refractivity contribution in [1.29, 1.82) is 0 Å². The molecule has 0 saturated heterocycles. The fourth-order valence-corrected chi connectivity index (χ4v) is 2.38. The number of carbonyl (C=O) groups is 1. The van der Waals surface area contributed by atoms with E-state index >= 15 is 0 Å². The van der Waals surface area contributed by atoms with E-state index < -0.39 is 0 Å². The lowest BCUT2D eigenvalue weighted by Gasteiger charge is -2.05. The van der Waals surface area contributed by atoms with Crippen LogP contribution in [0.2, 0.25) is 0 Å². The molecule has 2 aliphatic rings. The van der Waals surface area contributed by atoms with Gasteiger partial charge in [0.2, 0.25) is 0 Å². The Bertz CT molecular complexity index is 398. The number of hydrogen-bond acceptors (Lipinski definition) is 1. The lowest BCUT2D eigenvalue weighted by Crippen LogP contribution is -2.23. The third-order valence-corrected chi connectivity index (χ3v) is 3.30. The number of para-hydroxylation sites is 1. The van der Waals surface area contributed by atoms with Crippen molar-refractivity contribution in [1.82, 2.24) is 0 Å². The Morgan fingerprint density at radius 2 is 2.00 bits per heavy atom. The predicted octanol–water partition coefficient (Wildman–Crippen LogP) is 2.22. The first-order chi connectivity index (χ1) is 6.26. The summed E-state index contributed by atoms with van der Waals surface area (Å²) in [5.41, 5.74) is 1.74. The molecule has 1 amide bonds. The molecular weight excluding hydrogens is 186 g/mol. The summed E-state index contributed by atoms with van der Waals surface area (Å²) < 4.78 is 1.27. The average molecular weight is 194 g/mol. The van der Waals surface area contributed by atoms with E-state index in [2.05, 4.69) is 0 Å². The highest BCUT2D eigenvalue weighted by atomic mass is 35.5. The van der Waals surface area contributed by atoms with Crippen molar-refractivity contribution >= 4 is 23.4 Å². The number of carbonyl (C=O) groups excluding carboxylic acids is 1. The summed E-state index contributed by atoms with van der Waals surface area (Å²) in [4.78, 5) is 11.7. The molecule has 3 rings (SSSR count). The van der Waals surface area contributed by atoms with Crippen LogP contribution in [0.3, 0.4) is 0 Å². The Balaban J connectivity index is 2.27. The standard InChI is InChI=1S/C10H8ClNO/c11-12-8-4-2-1-3-7(8)10(5-6-10)9(12)13/h1-4H,5-6H2. The quantitative estimate of drug-likeness (QED) is 0.579. The first kappa shape index (κ1) is 7.39. The molecule has 0 aromatic heterocycles. The molecule has 0 radical (unpaired) electrons. The van der Waals surface area contributed by atoms with Gasteiger partial charge in [0.05, 0.1) is 11.1 Å². The van der Waals surface area contributed by atoms with Crippen molar-refractivity contribution in [3.63, 3.8) is 0 Å². The topological polar surface area (TPSA) is 20.3 Å². The molecule has 1 heterocycles. The number of halogens is 1. The molecule has 0 atom stereocenters. The van der Waals surface area contributed by atoms with Crippen molar-refractivity contribution in [2.45, 2.75) is 18.3 Å². The summed E-state index contributed by atoms with van der Waals surface area (Å²) in [6.45, 7) is 0. The zero-order valence-electron chi connectivity index (χ0n) is 6.96. The number of nitrogens with zero attached hydrogens (tertiary/aromatic N) is 1. The van der Waals surface area contributed by atoms with Gasteiger partial charge < -0.3 is 0 Å². The first-order valence-corrected chi connectivity index (χ1v) is 4.69. The van der Waals surface area contributed by atoms with E-state index in [-0.39, 0.29) is 11.3 Å². The lowest BCUT2D eigenvalue weighted by atomic mass is 9.98. The van der Waals surface area contributed by atoms with E-state index in [1.54, 1.807) is 0 Å². The van der Waals surface area contributed by atoms with Crippen molar-refractivity contribution < 1.29 is 4.79 Å². The van der Waals surface area contributed by atoms with Crippen LogP contribution in [0.1, 0.15) is 18.4 Å². The molecule has 66 valence electrons. The number of rotatable bonds is 0. The van der Waals surface area contributed by atoms with Crippen LogP contribution in [0.25, 0.3) is 0 Å². The molecule has 1 aliphatic carbocycles. The fourth-order valence-electron chi connectivity index (χ4n) is 2.07. The van der Waals surface area contributed by atoms with Crippen molar-refractivity contribution in [3.05, 3.63) is 29.8 Å². The molecule has 1 fully saturated rings. The smallest absolute Gasteiger partial charge is 0.252 e. The Kier molecular flexibility index (Phi) is 1.18. The SMILES string of the molecule is O=C1N(Cl)c2ccccc2C12CC2. The summed E-state index contributed by atoms with van der Waals surface area (Å²) >= 11 is 5.90. The summed E-state index contributed by atoms with van der Waals surface area (Å²) in [7, 11) is 0. The third-order valence-electron chi connectivity index (χ3n) is 2.97. The highest BCUT2D eigenvalue weighted by Gasteiger charge is 2.59. The Morgan fingerprint density at radius 3 is 2.69 bits per heavy atom. The molecule has 2 nitrogen and oxygen atoms in total. The maximum Gasteiger partial charge on any atom is 0.252 e. The van der Waals surface area contributed by atoms with Gasteiger partial charge in [0.1, 0.15) is 0 Å². The van der Waals surface area contributed by atoms with Gasteiger partial charge in [-0.25, -0.2) is 4.42 Å². The van der Waals surface area contributed by atoms with Crippen LogP contribution in [0.5, 0.6) is 0 Å². The Hall–Kier alpha value is -1.02. The largest absolute Gasteiger partial charge is 0.272 e. The van der Waals surface area contributed by atoms with Gasteiger partial charge in [0.25, 0.3) is 5.91 Å². The van der Waals surface area contributed by atoms with Crippen LogP contribution >= 0.6 is 11.8 Å². The van der Waals surface area contributed by atoms with Crippen molar-refractivity contribution in [2.75, 3.05) is 4.42 Å². The summed E-state index contributed by atoms with van der Waals surface area (Å²) in [5.74, 6) is 0.0513. The van der Waals surface area contributed by atoms with Crippen LogP contribution in [-0.2, 0) is 10.2 Å². The summed E-state index contributed by atoms with van der Waals surface area (Å²) in [6.07, 6.45) is 1.90. The molecule has 1 saturated carbocycles. The van der Waals surface area contributed by atoms with Crippen LogP contribution in [0.15, 0.2) is 24.3 Å². The van der Waals surface area contributed by atoms with Gasteiger partial charge in [-0.1, -0.05) is 18.2 Å². The zero-order chi connectivity index (χ0) is 9.05. The molecular formula is C10H8ClNO. The second-order valence-electron chi connectivity index (χ2n) is 3.69. The molecule has 13 heavy (non-hydrogen) atoms.